The van der Waals surface area contributed by atoms with Gasteiger partial charge < -0.3 is 15.8 Å². The minimum absolute atomic E-state index is 0.00948. The number of nitrogens with zero attached hydrogens (tertiary/aromatic N) is 1. The summed E-state index contributed by atoms with van der Waals surface area (Å²) in [4.78, 5) is 14.4. The van der Waals surface area contributed by atoms with Gasteiger partial charge in [0.05, 0.1) is 22.6 Å². The molecule has 2 rings (SSSR count). The van der Waals surface area contributed by atoms with E-state index in [1.807, 2.05) is 18.2 Å². The summed E-state index contributed by atoms with van der Waals surface area (Å²) < 4.78 is 5.15. The molecule has 0 spiro atoms. The van der Waals surface area contributed by atoms with Crippen LogP contribution in [0, 0.1) is 0 Å². The smallest absolute Gasteiger partial charge is 0.222 e. The van der Waals surface area contributed by atoms with Crippen LogP contribution in [0.4, 0.5) is 0 Å². The molecule has 24 heavy (non-hydrogen) atoms. The van der Waals surface area contributed by atoms with Crippen molar-refractivity contribution in [3.63, 3.8) is 0 Å². The second kappa shape index (κ2) is 9.59. The third kappa shape index (κ3) is 5.90. The average Bonchev–Trinajstić information content (AvgIpc) is 2.58. The summed E-state index contributed by atoms with van der Waals surface area (Å²) >= 11 is 12.0. The molecule has 1 unspecified atom stereocenters. The zero-order valence-corrected chi connectivity index (χ0v) is 15.4. The molecule has 5 nitrogen and oxygen atoms in total. The molecule has 134 valence electrons. The highest BCUT2D eigenvalue weighted by Crippen LogP contribution is 2.24. The molecule has 7 heteroatoms. The number of benzene rings is 1. The molecule has 1 aromatic carbocycles. The number of carbonyl (C=O) groups excluding carboxylic acids is 1. The van der Waals surface area contributed by atoms with Crippen molar-refractivity contribution in [1.29, 1.82) is 0 Å². The quantitative estimate of drug-likeness (QED) is 0.769. The molecule has 0 saturated carbocycles. The molecule has 1 heterocycles. The highest BCUT2D eigenvalue weighted by molar-refractivity contribution is 6.42. The number of likely N-dealkylation sites (tertiary alicyclic amines) is 1. The van der Waals surface area contributed by atoms with Crippen molar-refractivity contribution in [3.05, 3.63) is 33.8 Å². The molecular formula is C17H25Cl2N3O2. The maximum absolute atomic E-state index is 12.0. The zero-order valence-electron chi connectivity index (χ0n) is 13.9. The molecule has 1 atom stereocenters. The van der Waals surface area contributed by atoms with Gasteiger partial charge in [0.25, 0.3) is 0 Å². The number of carbonyl (C=O) groups is 1. The molecular weight excluding hydrogens is 349 g/mol. The van der Waals surface area contributed by atoms with Gasteiger partial charge >= 0.3 is 0 Å². The second-order valence-electron chi connectivity index (χ2n) is 6.16. The van der Waals surface area contributed by atoms with Crippen LogP contribution in [-0.2, 0) is 16.1 Å². The topological polar surface area (TPSA) is 67.6 Å². The first-order chi connectivity index (χ1) is 11.5. The van der Waals surface area contributed by atoms with Gasteiger partial charge in [-0.2, -0.15) is 0 Å². The van der Waals surface area contributed by atoms with Crippen molar-refractivity contribution in [2.45, 2.75) is 38.0 Å². The van der Waals surface area contributed by atoms with E-state index < -0.39 is 0 Å². The summed E-state index contributed by atoms with van der Waals surface area (Å²) in [5.74, 6) is 0.00948. The predicted molar refractivity (Wildman–Crippen MR) is 97.4 cm³/mol. The van der Waals surface area contributed by atoms with E-state index in [2.05, 4.69) is 10.2 Å². The Morgan fingerprint density at radius 1 is 1.38 bits per heavy atom. The number of amides is 1. The van der Waals surface area contributed by atoms with Crippen LogP contribution in [0.5, 0.6) is 0 Å². The fraction of sp³-hybridized carbons (Fsp3) is 0.588. The summed E-state index contributed by atoms with van der Waals surface area (Å²) in [7, 11) is 1.58. The molecule has 1 amide bonds. The Morgan fingerprint density at radius 2 is 2.08 bits per heavy atom. The van der Waals surface area contributed by atoms with E-state index in [0.717, 1.165) is 38.0 Å². The lowest BCUT2D eigenvalue weighted by Gasteiger charge is -2.32. The van der Waals surface area contributed by atoms with E-state index in [0.29, 0.717) is 23.0 Å². The number of nitrogens with two attached hydrogens (primary N) is 1. The highest BCUT2D eigenvalue weighted by atomic mass is 35.5. The second-order valence-corrected chi connectivity index (χ2v) is 6.98. The molecule has 1 aliphatic rings. The van der Waals surface area contributed by atoms with Gasteiger partial charge in [-0.15, -0.1) is 0 Å². The van der Waals surface area contributed by atoms with E-state index in [4.69, 9.17) is 33.7 Å². The molecule has 1 saturated heterocycles. The summed E-state index contributed by atoms with van der Waals surface area (Å²) in [5.41, 5.74) is 6.70. The van der Waals surface area contributed by atoms with Crippen molar-refractivity contribution in [3.8, 4) is 0 Å². The molecule has 0 radical (unpaired) electrons. The first-order valence-electron chi connectivity index (χ1n) is 8.20. The number of piperidine rings is 1. The summed E-state index contributed by atoms with van der Waals surface area (Å²) in [6.45, 7) is 3.08. The van der Waals surface area contributed by atoms with Gasteiger partial charge in [0, 0.05) is 39.3 Å². The van der Waals surface area contributed by atoms with Crippen LogP contribution in [0.2, 0.25) is 10.0 Å². The normalized spacial score (nSPS) is 17.7. The standard InChI is InChI=1S/C17H25Cl2N3O2/c1-24-14(10-20)9-17(23)21-13-4-6-22(7-5-13)11-12-2-3-15(18)16(19)8-12/h2-3,8,13-14H,4-7,9-11,20H2,1H3,(H,21,23). The van der Waals surface area contributed by atoms with Crippen LogP contribution >= 0.6 is 23.2 Å². The number of hydrogen-bond donors (Lipinski definition) is 2. The average molecular weight is 374 g/mol. The molecule has 1 fully saturated rings. The van der Waals surface area contributed by atoms with Crippen LogP contribution in [-0.4, -0.2) is 49.7 Å². The van der Waals surface area contributed by atoms with Crippen molar-refractivity contribution in [2.24, 2.45) is 5.73 Å². The van der Waals surface area contributed by atoms with E-state index in [9.17, 15) is 4.79 Å². The maximum Gasteiger partial charge on any atom is 0.222 e. The molecule has 3 N–H and O–H groups in total. The van der Waals surface area contributed by atoms with Gasteiger partial charge in [-0.05, 0) is 30.5 Å². The summed E-state index contributed by atoms with van der Waals surface area (Å²) in [5, 5.41) is 4.24. The maximum atomic E-state index is 12.0. The van der Waals surface area contributed by atoms with Crippen LogP contribution < -0.4 is 11.1 Å². The Hall–Kier alpha value is -0.850. The molecule has 1 aromatic rings. The van der Waals surface area contributed by atoms with Crippen molar-refractivity contribution in [2.75, 3.05) is 26.7 Å². The minimum Gasteiger partial charge on any atom is -0.380 e. The fourth-order valence-corrected chi connectivity index (χ4v) is 3.21. The number of hydrogen-bond acceptors (Lipinski definition) is 4. The van der Waals surface area contributed by atoms with Gasteiger partial charge in [-0.3, -0.25) is 9.69 Å². The molecule has 0 aliphatic carbocycles. The van der Waals surface area contributed by atoms with Crippen LogP contribution in [0.3, 0.4) is 0 Å². The van der Waals surface area contributed by atoms with Gasteiger partial charge in [-0.1, -0.05) is 29.3 Å². The van der Waals surface area contributed by atoms with Crippen LogP contribution in [0.15, 0.2) is 18.2 Å². The monoisotopic (exact) mass is 373 g/mol. The Labute approximate surface area is 153 Å². The lowest BCUT2D eigenvalue weighted by Crippen LogP contribution is -2.45. The Morgan fingerprint density at radius 3 is 2.67 bits per heavy atom. The lowest BCUT2D eigenvalue weighted by molar-refractivity contribution is -0.124. The molecule has 0 aromatic heterocycles. The highest BCUT2D eigenvalue weighted by Gasteiger charge is 2.22. The van der Waals surface area contributed by atoms with Crippen molar-refractivity contribution < 1.29 is 9.53 Å². The third-order valence-electron chi connectivity index (χ3n) is 4.35. The van der Waals surface area contributed by atoms with Crippen molar-refractivity contribution in [1.82, 2.24) is 10.2 Å². The number of ether oxygens (including phenoxy) is 1. The van der Waals surface area contributed by atoms with Crippen LogP contribution in [0.25, 0.3) is 0 Å². The van der Waals surface area contributed by atoms with Gasteiger partial charge in [-0.25, -0.2) is 0 Å². The van der Waals surface area contributed by atoms with E-state index in [1.165, 1.54) is 0 Å². The van der Waals surface area contributed by atoms with E-state index in [-0.39, 0.29) is 18.1 Å². The zero-order chi connectivity index (χ0) is 17.5. The van der Waals surface area contributed by atoms with Crippen molar-refractivity contribution >= 4 is 29.1 Å². The van der Waals surface area contributed by atoms with E-state index in [1.54, 1.807) is 7.11 Å². The molecule has 0 bridgehead atoms. The SMILES string of the molecule is COC(CN)CC(=O)NC1CCN(Cc2ccc(Cl)c(Cl)c2)CC1. The van der Waals surface area contributed by atoms with Gasteiger partial charge in [0.2, 0.25) is 5.91 Å². The molecule has 1 aliphatic heterocycles. The van der Waals surface area contributed by atoms with Gasteiger partial charge in [0.15, 0.2) is 0 Å². The first-order valence-corrected chi connectivity index (χ1v) is 8.96. The summed E-state index contributed by atoms with van der Waals surface area (Å²) in [6, 6.07) is 5.96. The Kier molecular flexibility index (Phi) is 7.78. The predicted octanol–water partition coefficient (Wildman–Crippen LogP) is 2.44. The van der Waals surface area contributed by atoms with Crippen LogP contribution in [0.1, 0.15) is 24.8 Å². The van der Waals surface area contributed by atoms with E-state index >= 15 is 0 Å². The Bertz CT molecular complexity index is 545. The minimum atomic E-state index is -0.209. The number of rotatable bonds is 7. The Balaban J connectivity index is 1.74. The number of nitrogens with one attached hydrogen (secondary N) is 1. The largest absolute Gasteiger partial charge is 0.380 e. The van der Waals surface area contributed by atoms with Gasteiger partial charge in [0.1, 0.15) is 0 Å². The lowest BCUT2D eigenvalue weighted by atomic mass is 10.0. The summed E-state index contributed by atoms with van der Waals surface area (Å²) in [6.07, 6.45) is 1.98. The third-order valence-corrected chi connectivity index (χ3v) is 5.09. The first kappa shape index (κ1) is 19.5. The fourth-order valence-electron chi connectivity index (χ4n) is 2.89. The number of halogens is 2. The number of methoxy groups -OCH3 is 1.